The molecule has 2 aromatic carbocycles. The Labute approximate surface area is 233 Å². The fraction of sp³-hybridized carbons (Fsp3) is 0.517. The minimum absolute atomic E-state index is 0.0101. The molecule has 0 bridgehead atoms. The van der Waals surface area contributed by atoms with E-state index in [1.807, 2.05) is 13.8 Å². The van der Waals surface area contributed by atoms with Gasteiger partial charge < -0.3 is 9.84 Å². The van der Waals surface area contributed by atoms with E-state index in [2.05, 4.69) is 11.8 Å². The minimum Gasteiger partial charge on any atom is -0.487 e. The molecule has 0 radical (unpaired) electrons. The molecule has 1 aliphatic heterocycles. The third-order valence-corrected chi connectivity index (χ3v) is 11.5. The van der Waals surface area contributed by atoms with E-state index in [0.29, 0.717) is 11.5 Å². The molecule has 1 fully saturated rings. The van der Waals surface area contributed by atoms with Crippen LogP contribution in [0.25, 0.3) is 0 Å². The summed E-state index contributed by atoms with van der Waals surface area (Å²) in [5, 5.41) is 9.85. The molecule has 0 spiro atoms. The molecule has 1 heterocycles. The average Bonchev–Trinajstić information content (AvgIpc) is 3.43. The predicted octanol–water partition coefficient (Wildman–Crippen LogP) is 3.63. The Morgan fingerprint density at radius 1 is 1.15 bits per heavy atom. The number of aryl methyl sites for hydroxylation is 1. The Hall–Kier alpha value is -2.42. The van der Waals surface area contributed by atoms with Gasteiger partial charge in [0.1, 0.15) is 16.7 Å². The van der Waals surface area contributed by atoms with Gasteiger partial charge in [0, 0.05) is 37.0 Å². The number of nitrogens with zero attached hydrogens (tertiary/aromatic N) is 2. The quantitative estimate of drug-likeness (QED) is 0.529. The van der Waals surface area contributed by atoms with Gasteiger partial charge in [0.25, 0.3) is 0 Å². The first-order valence-corrected chi connectivity index (χ1v) is 16.3. The van der Waals surface area contributed by atoms with Crippen molar-refractivity contribution >= 4 is 20.0 Å². The molecule has 10 heteroatoms. The van der Waals surface area contributed by atoms with Crippen LogP contribution >= 0.6 is 0 Å². The summed E-state index contributed by atoms with van der Waals surface area (Å²) in [6.45, 7) is 5.10. The van der Waals surface area contributed by atoms with Crippen LogP contribution in [-0.4, -0.2) is 69.4 Å². The standard InChI is InChI=1S/C29H38N2O6S2/c1-21-9-14-26(15-10-21)38(33,34)30(4)19-28-22(2)18-31(23(3)20-32)39(35,36)29-16-13-25(17-27(29)37-28)12-11-24-7-5-6-8-24/h9-10,13-17,22-24,28,32H,5-8,18-20H2,1-4H3/t22-,23+,28-/m1/s1. The van der Waals surface area contributed by atoms with Crippen molar-refractivity contribution in [1.82, 2.24) is 8.61 Å². The van der Waals surface area contributed by atoms with Crippen LogP contribution < -0.4 is 4.74 Å². The zero-order chi connectivity index (χ0) is 28.4. The highest BCUT2D eigenvalue weighted by molar-refractivity contribution is 7.89. The third kappa shape index (κ3) is 6.50. The van der Waals surface area contributed by atoms with E-state index < -0.39 is 32.2 Å². The molecule has 2 aromatic rings. The zero-order valence-electron chi connectivity index (χ0n) is 23.0. The molecule has 0 saturated heterocycles. The van der Waals surface area contributed by atoms with Gasteiger partial charge in [-0.1, -0.05) is 49.3 Å². The molecule has 0 amide bonds. The first-order chi connectivity index (χ1) is 18.4. The van der Waals surface area contributed by atoms with Crippen molar-refractivity contribution in [2.24, 2.45) is 11.8 Å². The maximum absolute atomic E-state index is 13.7. The van der Waals surface area contributed by atoms with Gasteiger partial charge in [-0.25, -0.2) is 16.8 Å². The van der Waals surface area contributed by atoms with Gasteiger partial charge in [-0.3, -0.25) is 0 Å². The summed E-state index contributed by atoms with van der Waals surface area (Å²) in [5.41, 5.74) is 1.60. The number of fused-ring (bicyclic) bond motifs is 1. The van der Waals surface area contributed by atoms with Gasteiger partial charge in [-0.2, -0.15) is 8.61 Å². The number of ether oxygens (including phenoxy) is 1. The molecule has 1 saturated carbocycles. The summed E-state index contributed by atoms with van der Waals surface area (Å²) >= 11 is 0. The predicted molar refractivity (Wildman–Crippen MR) is 150 cm³/mol. The number of sulfonamides is 2. The van der Waals surface area contributed by atoms with E-state index >= 15 is 0 Å². The number of benzene rings is 2. The highest BCUT2D eigenvalue weighted by atomic mass is 32.2. The monoisotopic (exact) mass is 574 g/mol. The van der Waals surface area contributed by atoms with Gasteiger partial charge in [-0.15, -0.1) is 0 Å². The van der Waals surface area contributed by atoms with Crippen molar-refractivity contribution in [2.75, 3.05) is 26.7 Å². The van der Waals surface area contributed by atoms with Gasteiger partial charge >= 0.3 is 0 Å². The Kier molecular flexibility index (Phi) is 9.08. The highest BCUT2D eigenvalue weighted by Crippen LogP contribution is 2.34. The lowest BCUT2D eigenvalue weighted by molar-refractivity contribution is 0.0904. The number of hydrogen-bond donors (Lipinski definition) is 1. The molecule has 8 nitrogen and oxygen atoms in total. The summed E-state index contributed by atoms with van der Waals surface area (Å²) in [7, 11) is -6.30. The fourth-order valence-corrected chi connectivity index (χ4v) is 8.03. The number of aliphatic hydroxyl groups excluding tert-OH is 1. The van der Waals surface area contributed by atoms with Crippen LogP contribution in [0.3, 0.4) is 0 Å². The average molecular weight is 575 g/mol. The normalized spacial score (nSPS) is 22.7. The summed E-state index contributed by atoms with van der Waals surface area (Å²) in [6, 6.07) is 10.8. The third-order valence-electron chi connectivity index (χ3n) is 7.61. The summed E-state index contributed by atoms with van der Waals surface area (Å²) in [5.74, 6) is 6.57. The number of rotatable bonds is 6. The highest BCUT2D eigenvalue weighted by Gasteiger charge is 2.39. The molecule has 0 aromatic heterocycles. The van der Waals surface area contributed by atoms with Crippen LogP contribution in [0.1, 0.15) is 50.7 Å². The van der Waals surface area contributed by atoms with Gasteiger partial charge in [-0.05, 0) is 57.0 Å². The molecule has 212 valence electrons. The molecule has 2 aliphatic rings. The molecule has 39 heavy (non-hydrogen) atoms. The smallest absolute Gasteiger partial charge is 0.247 e. The maximum Gasteiger partial charge on any atom is 0.247 e. The molecule has 1 aliphatic carbocycles. The number of hydrogen-bond acceptors (Lipinski definition) is 6. The van der Waals surface area contributed by atoms with Crippen molar-refractivity contribution in [1.29, 1.82) is 0 Å². The van der Waals surface area contributed by atoms with Crippen molar-refractivity contribution in [3.8, 4) is 17.6 Å². The van der Waals surface area contributed by atoms with Crippen molar-refractivity contribution in [2.45, 2.75) is 68.4 Å². The van der Waals surface area contributed by atoms with Crippen LogP contribution in [0.2, 0.25) is 0 Å². The van der Waals surface area contributed by atoms with E-state index in [0.717, 1.165) is 18.4 Å². The largest absolute Gasteiger partial charge is 0.487 e. The van der Waals surface area contributed by atoms with E-state index in [1.165, 1.54) is 34.6 Å². The second-order valence-corrected chi connectivity index (χ2v) is 14.7. The Balaban J connectivity index is 1.71. The van der Waals surface area contributed by atoms with Gasteiger partial charge in [0.05, 0.1) is 18.0 Å². The molecule has 3 atom stereocenters. The lowest BCUT2D eigenvalue weighted by Gasteiger charge is -2.37. The first kappa shape index (κ1) is 29.6. The number of likely N-dealkylation sites (N-methyl/N-ethyl adjacent to an activating group) is 1. The van der Waals surface area contributed by atoms with Crippen molar-refractivity contribution in [3.63, 3.8) is 0 Å². The number of aliphatic hydroxyl groups is 1. The minimum atomic E-state index is -3.99. The summed E-state index contributed by atoms with van der Waals surface area (Å²) in [4.78, 5) is 0.159. The second kappa shape index (κ2) is 12.0. The summed E-state index contributed by atoms with van der Waals surface area (Å²) in [6.07, 6.45) is 3.82. The topological polar surface area (TPSA) is 104 Å². The lowest BCUT2D eigenvalue weighted by atomic mass is 10.0. The van der Waals surface area contributed by atoms with Crippen LogP contribution in [0.5, 0.6) is 5.75 Å². The fourth-order valence-electron chi connectivity index (χ4n) is 5.02. The van der Waals surface area contributed by atoms with Crippen LogP contribution in [0.4, 0.5) is 0 Å². The zero-order valence-corrected chi connectivity index (χ0v) is 24.6. The Morgan fingerprint density at radius 3 is 2.46 bits per heavy atom. The van der Waals surface area contributed by atoms with E-state index in [4.69, 9.17) is 4.74 Å². The van der Waals surface area contributed by atoms with Gasteiger partial charge in [0.15, 0.2) is 0 Å². The summed E-state index contributed by atoms with van der Waals surface area (Å²) < 4.78 is 62.9. The van der Waals surface area contributed by atoms with Crippen LogP contribution in [0, 0.1) is 30.6 Å². The first-order valence-electron chi connectivity index (χ1n) is 13.4. The Morgan fingerprint density at radius 2 is 1.82 bits per heavy atom. The van der Waals surface area contributed by atoms with Crippen molar-refractivity contribution in [3.05, 3.63) is 53.6 Å². The van der Waals surface area contributed by atoms with E-state index in [-0.39, 0.29) is 41.2 Å². The second-order valence-electron chi connectivity index (χ2n) is 10.8. The van der Waals surface area contributed by atoms with E-state index in [9.17, 15) is 21.9 Å². The molecule has 1 N–H and O–H groups in total. The van der Waals surface area contributed by atoms with Gasteiger partial charge in [0.2, 0.25) is 20.0 Å². The van der Waals surface area contributed by atoms with Crippen LogP contribution in [-0.2, 0) is 20.0 Å². The SMILES string of the molecule is Cc1ccc(S(=O)(=O)N(C)C[C@H]2Oc3cc(C#CC4CCCC4)ccc3S(=O)(=O)N([C@@H](C)CO)C[C@H]2C)cc1. The van der Waals surface area contributed by atoms with Crippen molar-refractivity contribution < 1.29 is 26.7 Å². The molecular weight excluding hydrogens is 536 g/mol. The Bertz CT molecular complexity index is 1440. The lowest BCUT2D eigenvalue weighted by Crippen LogP contribution is -2.50. The molecular formula is C29H38N2O6S2. The maximum atomic E-state index is 13.7. The van der Waals surface area contributed by atoms with E-state index in [1.54, 1.807) is 43.3 Å². The molecule has 4 rings (SSSR count). The molecule has 0 unspecified atom stereocenters. The van der Waals surface area contributed by atoms with Crippen LogP contribution in [0.15, 0.2) is 52.3 Å².